The minimum atomic E-state index is -4.51. The molecule has 0 aromatic heterocycles. The summed E-state index contributed by atoms with van der Waals surface area (Å²) in [5.41, 5.74) is 0.632. The number of carbonyl (C=O) groups is 2. The van der Waals surface area contributed by atoms with Crippen LogP contribution >= 0.6 is 0 Å². The maximum absolute atomic E-state index is 11.9. The summed E-state index contributed by atoms with van der Waals surface area (Å²) in [6.45, 7) is -2.14. The molecule has 1 aromatic carbocycles. The van der Waals surface area contributed by atoms with Gasteiger partial charge in [0.2, 0.25) is 6.79 Å². The molecule has 23 heavy (non-hydrogen) atoms. The summed E-state index contributed by atoms with van der Waals surface area (Å²) in [4.78, 5) is 22.4. The van der Waals surface area contributed by atoms with Crippen molar-refractivity contribution >= 4 is 18.0 Å². The summed E-state index contributed by atoms with van der Waals surface area (Å²) in [6, 6.07) is 4.98. The van der Waals surface area contributed by atoms with E-state index in [9.17, 15) is 22.8 Å². The molecule has 2 rings (SSSR count). The molecule has 1 heterocycles. The monoisotopic (exact) mass is 331 g/mol. The number of halogens is 3. The van der Waals surface area contributed by atoms with Gasteiger partial charge in [-0.05, 0) is 23.8 Å². The molecule has 0 saturated heterocycles. The maximum Gasteiger partial charge on any atom is 0.405 e. The van der Waals surface area contributed by atoms with Gasteiger partial charge in [-0.2, -0.15) is 13.2 Å². The van der Waals surface area contributed by atoms with Gasteiger partial charge in [0, 0.05) is 6.08 Å². The van der Waals surface area contributed by atoms with Gasteiger partial charge >= 0.3 is 12.1 Å². The van der Waals surface area contributed by atoms with Crippen LogP contribution in [0.2, 0.25) is 0 Å². The van der Waals surface area contributed by atoms with Crippen LogP contribution in [0.3, 0.4) is 0 Å². The zero-order valence-corrected chi connectivity index (χ0v) is 11.7. The molecule has 0 atom stereocenters. The number of benzene rings is 1. The Morgan fingerprint density at radius 2 is 2.00 bits per heavy atom. The van der Waals surface area contributed by atoms with E-state index < -0.39 is 31.2 Å². The lowest BCUT2D eigenvalue weighted by atomic mass is 10.2. The summed E-state index contributed by atoms with van der Waals surface area (Å²) in [5, 5.41) is 1.58. The van der Waals surface area contributed by atoms with Crippen LogP contribution in [0.25, 0.3) is 6.08 Å². The lowest BCUT2D eigenvalue weighted by Gasteiger charge is -2.07. The van der Waals surface area contributed by atoms with E-state index in [2.05, 4.69) is 4.74 Å². The van der Waals surface area contributed by atoms with Crippen molar-refractivity contribution in [3.05, 3.63) is 29.8 Å². The van der Waals surface area contributed by atoms with E-state index in [1.54, 1.807) is 23.5 Å². The Kier molecular flexibility index (Phi) is 5.09. The van der Waals surface area contributed by atoms with Crippen LogP contribution < -0.4 is 14.8 Å². The van der Waals surface area contributed by atoms with Crippen molar-refractivity contribution in [2.45, 2.75) is 6.18 Å². The van der Waals surface area contributed by atoms with Crippen LogP contribution in [0.4, 0.5) is 13.2 Å². The number of nitrogens with one attached hydrogen (secondary N) is 1. The first-order valence-corrected chi connectivity index (χ1v) is 6.41. The number of hydrogen-bond donors (Lipinski definition) is 1. The van der Waals surface area contributed by atoms with E-state index in [0.717, 1.165) is 6.08 Å². The predicted molar refractivity (Wildman–Crippen MR) is 71.6 cm³/mol. The molecule has 0 fully saturated rings. The van der Waals surface area contributed by atoms with Crippen LogP contribution in [0.5, 0.6) is 11.5 Å². The molecule has 1 aromatic rings. The highest BCUT2D eigenvalue weighted by Gasteiger charge is 2.27. The Bertz CT molecular complexity index is 627. The third-order valence-electron chi connectivity index (χ3n) is 2.64. The molecular weight excluding hydrogens is 319 g/mol. The second-order valence-electron chi connectivity index (χ2n) is 4.45. The number of alkyl halides is 3. The molecule has 1 aliphatic heterocycles. The third kappa shape index (κ3) is 5.53. The van der Waals surface area contributed by atoms with Crippen molar-refractivity contribution in [2.24, 2.45) is 0 Å². The molecule has 0 aliphatic carbocycles. The largest absolute Gasteiger partial charge is 0.454 e. The van der Waals surface area contributed by atoms with E-state index in [0.29, 0.717) is 17.1 Å². The normalized spacial score (nSPS) is 13.2. The van der Waals surface area contributed by atoms with E-state index >= 15 is 0 Å². The van der Waals surface area contributed by atoms with Gasteiger partial charge in [0.05, 0.1) is 0 Å². The number of fused-ring (bicyclic) bond motifs is 1. The Hall–Kier alpha value is -2.71. The second-order valence-corrected chi connectivity index (χ2v) is 4.45. The molecule has 1 amide bonds. The average Bonchev–Trinajstić information content (AvgIpc) is 2.95. The van der Waals surface area contributed by atoms with Crippen molar-refractivity contribution in [1.82, 2.24) is 5.32 Å². The molecule has 0 unspecified atom stereocenters. The fraction of sp³-hybridized carbons (Fsp3) is 0.286. The van der Waals surface area contributed by atoms with Crippen molar-refractivity contribution in [3.8, 4) is 11.5 Å². The number of esters is 1. The van der Waals surface area contributed by atoms with E-state index in [1.807, 2.05) is 0 Å². The summed E-state index contributed by atoms with van der Waals surface area (Å²) in [7, 11) is 0. The van der Waals surface area contributed by atoms with E-state index in [1.165, 1.54) is 6.08 Å². The predicted octanol–water partition coefficient (Wildman–Crippen LogP) is 1.65. The zero-order chi connectivity index (χ0) is 16.9. The lowest BCUT2D eigenvalue weighted by molar-refractivity contribution is -0.148. The Morgan fingerprint density at radius 3 is 2.74 bits per heavy atom. The third-order valence-corrected chi connectivity index (χ3v) is 2.64. The van der Waals surface area contributed by atoms with Gasteiger partial charge in [-0.1, -0.05) is 6.07 Å². The SMILES string of the molecule is O=C(COC(=O)C=Cc1ccc2c(c1)OCO2)NCC(F)(F)F. The lowest BCUT2D eigenvalue weighted by Crippen LogP contribution is -2.36. The van der Waals surface area contributed by atoms with E-state index in [-0.39, 0.29) is 6.79 Å². The molecule has 1 aliphatic rings. The number of hydrogen-bond acceptors (Lipinski definition) is 5. The molecule has 6 nitrogen and oxygen atoms in total. The van der Waals surface area contributed by atoms with E-state index in [4.69, 9.17) is 9.47 Å². The summed E-state index contributed by atoms with van der Waals surface area (Å²) < 4.78 is 50.4. The van der Waals surface area contributed by atoms with Gasteiger partial charge in [0.15, 0.2) is 18.1 Å². The first kappa shape index (κ1) is 16.7. The van der Waals surface area contributed by atoms with Gasteiger partial charge in [-0.15, -0.1) is 0 Å². The minimum Gasteiger partial charge on any atom is -0.454 e. The maximum atomic E-state index is 11.9. The highest BCUT2D eigenvalue weighted by atomic mass is 19.4. The van der Waals surface area contributed by atoms with Crippen molar-refractivity contribution in [2.75, 3.05) is 19.9 Å². The first-order chi connectivity index (χ1) is 10.8. The first-order valence-electron chi connectivity index (χ1n) is 6.41. The Balaban J connectivity index is 1.77. The number of ether oxygens (including phenoxy) is 3. The van der Waals surface area contributed by atoms with Gasteiger partial charge in [0.1, 0.15) is 6.54 Å². The molecule has 0 radical (unpaired) electrons. The molecule has 9 heteroatoms. The second kappa shape index (κ2) is 7.03. The van der Waals surface area contributed by atoms with Crippen LogP contribution in [-0.2, 0) is 14.3 Å². The fourth-order valence-corrected chi connectivity index (χ4v) is 1.62. The minimum absolute atomic E-state index is 0.123. The summed E-state index contributed by atoms with van der Waals surface area (Å²) in [6.07, 6.45) is -2.05. The molecule has 0 bridgehead atoms. The molecule has 0 saturated carbocycles. The van der Waals surface area contributed by atoms with Gasteiger partial charge in [-0.25, -0.2) is 4.79 Å². The van der Waals surface area contributed by atoms with Crippen molar-refractivity contribution in [1.29, 1.82) is 0 Å². The molecule has 0 spiro atoms. The number of rotatable bonds is 5. The number of carbonyl (C=O) groups excluding carboxylic acids is 2. The van der Waals surface area contributed by atoms with Gasteiger partial charge in [0.25, 0.3) is 5.91 Å². The Morgan fingerprint density at radius 1 is 1.26 bits per heavy atom. The molecule has 124 valence electrons. The fourth-order valence-electron chi connectivity index (χ4n) is 1.62. The average molecular weight is 331 g/mol. The highest BCUT2D eigenvalue weighted by Crippen LogP contribution is 2.32. The smallest absolute Gasteiger partial charge is 0.405 e. The van der Waals surface area contributed by atoms with Gasteiger partial charge < -0.3 is 19.5 Å². The van der Waals surface area contributed by atoms with Crippen molar-refractivity contribution < 1.29 is 37.0 Å². The summed E-state index contributed by atoms with van der Waals surface area (Å²) in [5.74, 6) is -0.768. The number of amides is 1. The summed E-state index contributed by atoms with van der Waals surface area (Å²) >= 11 is 0. The van der Waals surface area contributed by atoms with Crippen molar-refractivity contribution in [3.63, 3.8) is 0 Å². The molecular formula is C14H12F3NO5. The quantitative estimate of drug-likeness (QED) is 0.656. The van der Waals surface area contributed by atoms with Gasteiger partial charge in [-0.3, -0.25) is 4.79 Å². The van der Waals surface area contributed by atoms with Crippen LogP contribution in [0, 0.1) is 0 Å². The van der Waals surface area contributed by atoms with Crippen LogP contribution in [0.15, 0.2) is 24.3 Å². The zero-order valence-electron chi connectivity index (χ0n) is 11.7. The topological polar surface area (TPSA) is 73.9 Å². The molecule has 1 N–H and O–H groups in total. The standard InChI is InChI=1S/C14H12F3NO5/c15-14(16,17)7-18-12(19)6-21-13(20)4-2-9-1-3-10-11(5-9)23-8-22-10/h1-5H,6-8H2,(H,18,19). The van der Waals surface area contributed by atoms with Crippen LogP contribution in [0.1, 0.15) is 5.56 Å². The Labute approximate surface area is 128 Å². The van der Waals surface area contributed by atoms with Crippen LogP contribution in [-0.4, -0.2) is 38.0 Å². The highest BCUT2D eigenvalue weighted by molar-refractivity contribution is 5.89.